The van der Waals surface area contributed by atoms with Gasteiger partial charge in [-0.3, -0.25) is 9.78 Å². The van der Waals surface area contributed by atoms with Gasteiger partial charge in [-0.1, -0.05) is 18.2 Å². The average Bonchev–Trinajstić information content (AvgIpc) is 3.42. The van der Waals surface area contributed by atoms with E-state index in [0.29, 0.717) is 25.9 Å². The van der Waals surface area contributed by atoms with Crippen molar-refractivity contribution in [1.29, 1.82) is 0 Å². The highest BCUT2D eigenvalue weighted by molar-refractivity contribution is 7.91. The van der Waals surface area contributed by atoms with Crippen molar-refractivity contribution < 1.29 is 22.7 Å². The molecule has 2 aliphatic heterocycles. The molecule has 0 N–H and O–H groups in total. The Hall–Kier alpha value is -3.17. The summed E-state index contributed by atoms with van der Waals surface area (Å²) in [5.41, 5.74) is 2.58. The summed E-state index contributed by atoms with van der Waals surface area (Å²) in [6, 6.07) is 14.6. The standard InChI is InChI=1S/C27H31N3O5S/c1-34-22-11-14-30(18-22)21-6-4-7-23(16-21)36(32,33)24-15-20-5-3-8-25(26(20)28-17-24)29-12-9-19(10-13-29)27(31)35-2/h3-8,15-17,19,22H,9-14,18H2,1-2H3. The number of ether oxygens (including phenoxy) is 2. The zero-order valence-corrected chi connectivity index (χ0v) is 21.4. The Balaban J connectivity index is 1.41. The highest BCUT2D eigenvalue weighted by atomic mass is 32.2. The molecule has 3 heterocycles. The van der Waals surface area contributed by atoms with E-state index in [-0.39, 0.29) is 27.8 Å². The molecule has 1 unspecified atom stereocenters. The summed E-state index contributed by atoms with van der Waals surface area (Å²) in [5, 5.41) is 0.766. The van der Waals surface area contributed by atoms with Gasteiger partial charge in [-0.15, -0.1) is 0 Å². The van der Waals surface area contributed by atoms with E-state index in [2.05, 4.69) is 14.8 Å². The molecule has 0 amide bonds. The number of para-hydroxylation sites is 1. The smallest absolute Gasteiger partial charge is 0.308 e. The minimum Gasteiger partial charge on any atom is -0.469 e. The zero-order valence-electron chi connectivity index (χ0n) is 20.6. The van der Waals surface area contributed by atoms with Crippen molar-refractivity contribution in [3.63, 3.8) is 0 Å². The largest absolute Gasteiger partial charge is 0.469 e. The molecule has 0 spiro atoms. The third kappa shape index (κ3) is 4.65. The maximum absolute atomic E-state index is 13.5. The number of pyridine rings is 1. The number of hydrogen-bond donors (Lipinski definition) is 0. The second-order valence-corrected chi connectivity index (χ2v) is 11.3. The van der Waals surface area contributed by atoms with E-state index >= 15 is 0 Å². The van der Waals surface area contributed by atoms with Crippen LogP contribution in [0.25, 0.3) is 10.9 Å². The number of nitrogens with zero attached hydrogens (tertiary/aromatic N) is 3. The van der Waals surface area contributed by atoms with Gasteiger partial charge in [0.05, 0.1) is 40.1 Å². The molecule has 2 saturated heterocycles. The lowest BCUT2D eigenvalue weighted by atomic mass is 9.96. The van der Waals surface area contributed by atoms with Crippen molar-refractivity contribution in [3.8, 4) is 0 Å². The van der Waals surface area contributed by atoms with Gasteiger partial charge in [0.1, 0.15) is 0 Å². The minimum absolute atomic E-state index is 0.0809. The molecular weight excluding hydrogens is 478 g/mol. The van der Waals surface area contributed by atoms with Crippen molar-refractivity contribution in [2.24, 2.45) is 5.92 Å². The second kappa shape index (κ2) is 10.1. The van der Waals surface area contributed by atoms with Gasteiger partial charge in [0.2, 0.25) is 9.84 Å². The number of sulfone groups is 1. The predicted molar refractivity (Wildman–Crippen MR) is 138 cm³/mol. The molecule has 0 saturated carbocycles. The van der Waals surface area contributed by atoms with Crippen LogP contribution in [0.1, 0.15) is 19.3 Å². The Morgan fingerprint density at radius 3 is 2.42 bits per heavy atom. The Morgan fingerprint density at radius 2 is 1.69 bits per heavy atom. The summed E-state index contributed by atoms with van der Waals surface area (Å²) in [5.74, 6) is -0.240. The Labute approximate surface area is 211 Å². The number of rotatable bonds is 6. The summed E-state index contributed by atoms with van der Waals surface area (Å²) < 4.78 is 37.4. The molecule has 3 aromatic rings. The first kappa shape index (κ1) is 24.5. The summed E-state index contributed by atoms with van der Waals surface area (Å²) in [6.45, 7) is 3.01. The molecular formula is C27H31N3O5S. The van der Waals surface area contributed by atoms with Gasteiger partial charge >= 0.3 is 5.97 Å². The predicted octanol–water partition coefficient (Wildman–Crippen LogP) is 3.68. The fourth-order valence-corrected chi connectivity index (χ4v) is 6.47. The van der Waals surface area contributed by atoms with E-state index in [9.17, 15) is 13.2 Å². The van der Waals surface area contributed by atoms with Gasteiger partial charge in [-0.25, -0.2) is 8.42 Å². The molecule has 2 fully saturated rings. The van der Waals surface area contributed by atoms with E-state index in [1.165, 1.54) is 13.3 Å². The minimum atomic E-state index is -3.74. The van der Waals surface area contributed by atoms with E-state index in [0.717, 1.165) is 41.8 Å². The van der Waals surface area contributed by atoms with Gasteiger partial charge < -0.3 is 19.3 Å². The number of piperidine rings is 1. The van der Waals surface area contributed by atoms with Crippen LogP contribution in [0, 0.1) is 5.92 Å². The summed E-state index contributed by atoms with van der Waals surface area (Å²) >= 11 is 0. The summed E-state index contributed by atoms with van der Waals surface area (Å²) in [7, 11) is -0.614. The first-order valence-electron chi connectivity index (χ1n) is 12.2. The van der Waals surface area contributed by atoms with Crippen molar-refractivity contribution in [2.45, 2.75) is 35.2 Å². The molecule has 5 rings (SSSR count). The quantitative estimate of drug-likeness (QED) is 0.465. The third-order valence-electron chi connectivity index (χ3n) is 7.32. The highest BCUT2D eigenvalue weighted by Crippen LogP contribution is 2.32. The van der Waals surface area contributed by atoms with Gasteiger partial charge in [0.15, 0.2) is 0 Å². The van der Waals surface area contributed by atoms with Crippen LogP contribution in [-0.4, -0.2) is 65.9 Å². The van der Waals surface area contributed by atoms with Crippen molar-refractivity contribution in [1.82, 2.24) is 4.98 Å². The van der Waals surface area contributed by atoms with Crippen molar-refractivity contribution in [2.75, 3.05) is 50.2 Å². The number of aromatic nitrogens is 1. The lowest BCUT2D eigenvalue weighted by Gasteiger charge is -2.32. The van der Waals surface area contributed by atoms with Crippen LogP contribution in [-0.2, 0) is 24.1 Å². The second-order valence-electron chi connectivity index (χ2n) is 9.40. The van der Waals surface area contributed by atoms with Crippen LogP contribution in [0.3, 0.4) is 0 Å². The zero-order chi connectivity index (χ0) is 25.3. The number of anilines is 2. The average molecular weight is 510 g/mol. The Morgan fingerprint density at radius 1 is 0.944 bits per heavy atom. The summed E-state index contributed by atoms with van der Waals surface area (Å²) in [4.78, 5) is 21.3. The third-order valence-corrected chi connectivity index (χ3v) is 9.03. The molecule has 0 bridgehead atoms. The van der Waals surface area contributed by atoms with Crippen molar-refractivity contribution >= 4 is 38.1 Å². The molecule has 1 aromatic heterocycles. The van der Waals surface area contributed by atoms with E-state index in [1.807, 2.05) is 24.3 Å². The lowest BCUT2D eigenvalue weighted by molar-refractivity contribution is -0.146. The number of methoxy groups -OCH3 is 2. The number of carbonyl (C=O) groups excluding carboxylic acids is 1. The number of benzene rings is 2. The van der Waals surface area contributed by atoms with Crippen LogP contribution in [0.15, 0.2) is 64.5 Å². The topological polar surface area (TPSA) is 89.0 Å². The molecule has 0 aliphatic carbocycles. The molecule has 190 valence electrons. The fraction of sp³-hybridized carbons (Fsp3) is 0.407. The fourth-order valence-electron chi connectivity index (χ4n) is 5.19. The first-order valence-corrected chi connectivity index (χ1v) is 13.7. The Kier molecular flexibility index (Phi) is 6.85. The van der Waals surface area contributed by atoms with E-state index in [4.69, 9.17) is 9.47 Å². The van der Waals surface area contributed by atoms with Crippen LogP contribution >= 0.6 is 0 Å². The van der Waals surface area contributed by atoms with E-state index in [1.54, 1.807) is 31.4 Å². The molecule has 8 nitrogen and oxygen atoms in total. The lowest BCUT2D eigenvalue weighted by Crippen LogP contribution is -2.36. The van der Waals surface area contributed by atoms with Crippen LogP contribution < -0.4 is 9.80 Å². The SMILES string of the molecule is COC(=O)C1CCN(c2cccc3cc(S(=O)(=O)c4cccc(N5CCC(OC)C5)c4)cnc23)CC1. The van der Waals surface area contributed by atoms with Gasteiger partial charge in [0, 0.05) is 50.6 Å². The van der Waals surface area contributed by atoms with Gasteiger partial charge in [-0.2, -0.15) is 0 Å². The molecule has 9 heteroatoms. The van der Waals surface area contributed by atoms with Crippen molar-refractivity contribution in [3.05, 3.63) is 54.7 Å². The molecule has 2 aromatic carbocycles. The number of hydrogen-bond acceptors (Lipinski definition) is 8. The maximum Gasteiger partial charge on any atom is 0.308 e. The first-order chi connectivity index (χ1) is 17.4. The maximum atomic E-state index is 13.5. The van der Waals surface area contributed by atoms with Gasteiger partial charge in [-0.05, 0) is 49.6 Å². The van der Waals surface area contributed by atoms with Crippen LogP contribution in [0.5, 0.6) is 0 Å². The molecule has 1 atom stereocenters. The van der Waals surface area contributed by atoms with Gasteiger partial charge in [0.25, 0.3) is 0 Å². The monoisotopic (exact) mass is 509 g/mol. The number of fused-ring (bicyclic) bond motifs is 1. The molecule has 36 heavy (non-hydrogen) atoms. The van der Waals surface area contributed by atoms with Crippen LogP contribution in [0.2, 0.25) is 0 Å². The molecule has 2 aliphatic rings. The number of carbonyl (C=O) groups is 1. The molecule has 0 radical (unpaired) electrons. The Bertz CT molecular complexity index is 1370. The highest BCUT2D eigenvalue weighted by Gasteiger charge is 2.28. The van der Waals surface area contributed by atoms with Crippen LogP contribution in [0.4, 0.5) is 11.4 Å². The summed E-state index contributed by atoms with van der Waals surface area (Å²) in [6.07, 6.45) is 3.97. The number of esters is 1. The van der Waals surface area contributed by atoms with E-state index < -0.39 is 9.84 Å². The normalized spacial score (nSPS) is 19.1.